The highest BCUT2D eigenvalue weighted by atomic mass is 35.5. The molecule has 2 aromatic carbocycles. The van der Waals surface area contributed by atoms with Gasteiger partial charge >= 0.3 is 5.97 Å². The van der Waals surface area contributed by atoms with Crippen molar-refractivity contribution in [3.63, 3.8) is 0 Å². The smallest absolute Gasteiger partial charge is 0.337 e. The van der Waals surface area contributed by atoms with Crippen LogP contribution in [-0.4, -0.2) is 21.0 Å². The molecule has 8 heteroatoms. The summed E-state index contributed by atoms with van der Waals surface area (Å²) in [7, 11) is 0. The van der Waals surface area contributed by atoms with Crippen LogP contribution < -0.4 is 5.73 Å². The van der Waals surface area contributed by atoms with Gasteiger partial charge in [0.05, 0.1) is 21.0 Å². The number of pyridine rings is 1. The van der Waals surface area contributed by atoms with E-state index < -0.39 is 10.9 Å². The monoisotopic (exact) mass is 387 g/mol. The predicted molar refractivity (Wildman–Crippen MR) is 105 cm³/mol. The number of non-ortho nitro benzene ring substituents is 1. The van der Waals surface area contributed by atoms with Crippen molar-refractivity contribution in [3.05, 3.63) is 74.4 Å². The minimum absolute atomic E-state index is 0.0156. The summed E-state index contributed by atoms with van der Waals surface area (Å²) in [5.74, 6) is -1.28. The zero-order valence-corrected chi connectivity index (χ0v) is 15.5. The Morgan fingerprint density at radius 1 is 1.30 bits per heavy atom. The Hall–Kier alpha value is -3.19. The predicted octanol–water partition coefficient (Wildman–Crippen LogP) is 4.63. The lowest BCUT2D eigenvalue weighted by Crippen LogP contribution is -1.99. The van der Waals surface area contributed by atoms with E-state index in [0.717, 1.165) is 46.4 Å². The number of fused-ring (bicyclic) bond motifs is 1. The summed E-state index contributed by atoms with van der Waals surface area (Å²) in [6.07, 6.45) is 0.931. The minimum Gasteiger partial charge on any atom is -0.478 e. The van der Waals surface area contributed by atoms with Gasteiger partial charge in [0.15, 0.2) is 0 Å². The van der Waals surface area contributed by atoms with Crippen LogP contribution in [-0.2, 0) is 6.42 Å². The lowest BCUT2D eigenvalue weighted by Gasteiger charge is -2.09. The molecule has 0 fully saturated rings. The molecule has 3 rings (SSSR count). The summed E-state index contributed by atoms with van der Waals surface area (Å²) < 4.78 is 0. The molecule has 140 valence electrons. The summed E-state index contributed by atoms with van der Waals surface area (Å²) in [6, 6.07) is 11.3. The molecule has 27 heavy (non-hydrogen) atoms. The Bertz CT molecular complexity index is 1020. The Labute approximate surface area is 160 Å². The summed E-state index contributed by atoms with van der Waals surface area (Å²) >= 11 is 5.49. The third kappa shape index (κ3) is 4.51. The number of nitro groups is 1. The lowest BCUT2D eigenvalue weighted by atomic mass is 10.1. The van der Waals surface area contributed by atoms with Gasteiger partial charge in [0.25, 0.3) is 5.69 Å². The molecule has 0 saturated carbocycles. The molecule has 0 saturated heterocycles. The molecule has 0 atom stereocenters. The largest absolute Gasteiger partial charge is 0.478 e. The van der Waals surface area contributed by atoms with Gasteiger partial charge in [0.2, 0.25) is 0 Å². The van der Waals surface area contributed by atoms with Crippen molar-refractivity contribution in [2.45, 2.75) is 20.3 Å². The molecule has 0 radical (unpaired) electrons. The van der Waals surface area contributed by atoms with Crippen LogP contribution in [0.2, 0.25) is 5.02 Å². The summed E-state index contributed by atoms with van der Waals surface area (Å²) in [4.78, 5) is 24.6. The van der Waals surface area contributed by atoms with Gasteiger partial charge in [-0.2, -0.15) is 0 Å². The van der Waals surface area contributed by atoms with Crippen LogP contribution in [0.25, 0.3) is 10.9 Å². The Kier molecular flexibility index (Phi) is 6.31. The van der Waals surface area contributed by atoms with Crippen molar-refractivity contribution in [2.75, 3.05) is 5.73 Å². The normalized spacial score (nSPS) is 10.2. The van der Waals surface area contributed by atoms with Gasteiger partial charge in [0, 0.05) is 28.9 Å². The second-order valence-corrected chi connectivity index (χ2v) is 6.10. The van der Waals surface area contributed by atoms with Gasteiger partial charge in [-0.05, 0) is 31.0 Å². The number of aromatic carboxylic acids is 1. The maximum atomic E-state index is 10.5. The highest BCUT2D eigenvalue weighted by molar-refractivity contribution is 6.33. The zero-order chi connectivity index (χ0) is 20.1. The van der Waals surface area contributed by atoms with Gasteiger partial charge < -0.3 is 10.8 Å². The van der Waals surface area contributed by atoms with Gasteiger partial charge in [-0.3, -0.25) is 15.1 Å². The Morgan fingerprint density at radius 2 is 1.96 bits per heavy atom. The van der Waals surface area contributed by atoms with Crippen molar-refractivity contribution in [1.82, 2.24) is 4.98 Å². The van der Waals surface area contributed by atoms with E-state index in [-0.39, 0.29) is 16.3 Å². The van der Waals surface area contributed by atoms with Crippen LogP contribution in [0.4, 0.5) is 11.4 Å². The van der Waals surface area contributed by atoms with Crippen molar-refractivity contribution in [3.8, 4) is 0 Å². The number of aromatic nitrogens is 1. The summed E-state index contributed by atoms with van der Waals surface area (Å²) in [5, 5.41) is 19.9. The molecule has 0 unspecified atom stereocenters. The first kappa shape index (κ1) is 20.1. The number of rotatable bonds is 3. The number of nitrogen functional groups attached to an aromatic ring is 1. The molecule has 3 aromatic rings. The number of nitrogens with two attached hydrogens (primary N) is 1. The van der Waals surface area contributed by atoms with Crippen LogP contribution in [0.15, 0.2) is 42.5 Å². The molecule has 0 bridgehead atoms. The molecule has 0 amide bonds. The van der Waals surface area contributed by atoms with E-state index in [1.165, 1.54) is 6.07 Å². The first-order valence-corrected chi connectivity index (χ1v) is 8.45. The third-order valence-electron chi connectivity index (χ3n) is 4.01. The fourth-order valence-corrected chi connectivity index (χ4v) is 2.72. The van der Waals surface area contributed by atoms with Crippen molar-refractivity contribution >= 4 is 39.8 Å². The van der Waals surface area contributed by atoms with E-state index >= 15 is 0 Å². The molecule has 1 heterocycles. The molecule has 0 aliphatic heterocycles. The minimum atomic E-state index is -1.28. The number of carbonyl (C=O) groups is 1. The number of anilines is 1. The topological polar surface area (TPSA) is 119 Å². The standard InChI is InChI=1S/C12H14N2.C7H4ClNO4/c1-3-10-8(2)12(13)9-6-4-5-7-11(9)14-10;8-6-2-1-4(9(12)13)3-5(6)7(10)11/h4-7H,3H2,1-2H3,(H2,13,14);1-3H,(H,10,11). The van der Waals surface area contributed by atoms with E-state index in [4.69, 9.17) is 22.4 Å². The summed E-state index contributed by atoms with van der Waals surface area (Å²) in [6.45, 7) is 4.14. The number of hydrogen-bond acceptors (Lipinski definition) is 5. The maximum Gasteiger partial charge on any atom is 0.337 e. The second-order valence-electron chi connectivity index (χ2n) is 5.69. The number of halogens is 1. The fourth-order valence-electron chi connectivity index (χ4n) is 2.52. The van der Waals surface area contributed by atoms with Crippen LogP contribution >= 0.6 is 11.6 Å². The third-order valence-corrected chi connectivity index (χ3v) is 4.34. The number of para-hydroxylation sites is 1. The van der Waals surface area contributed by atoms with Crippen molar-refractivity contribution in [1.29, 1.82) is 0 Å². The number of carboxylic acids is 1. The number of nitro benzene ring substituents is 1. The van der Waals surface area contributed by atoms with Crippen molar-refractivity contribution < 1.29 is 14.8 Å². The van der Waals surface area contributed by atoms with Crippen LogP contribution in [0.1, 0.15) is 28.5 Å². The fraction of sp³-hybridized carbons (Fsp3) is 0.158. The molecular weight excluding hydrogens is 370 g/mol. The van der Waals surface area contributed by atoms with E-state index in [9.17, 15) is 14.9 Å². The molecule has 1 aromatic heterocycles. The molecule has 0 spiro atoms. The SMILES string of the molecule is CCc1nc2ccccc2c(N)c1C.O=C(O)c1cc([N+](=O)[O-])ccc1Cl. The first-order chi connectivity index (χ1) is 12.8. The van der Waals surface area contributed by atoms with Gasteiger partial charge in [-0.15, -0.1) is 0 Å². The Balaban J connectivity index is 0.000000194. The second kappa shape index (κ2) is 8.46. The molecular formula is C19H18ClN3O4. The van der Waals surface area contributed by atoms with Crippen LogP contribution in [0.3, 0.4) is 0 Å². The number of carboxylic acid groups (broad SMARTS) is 1. The van der Waals surface area contributed by atoms with E-state index in [1.54, 1.807) is 0 Å². The molecule has 0 aliphatic carbocycles. The van der Waals surface area contributed by atoms with Gasteiger partial charge in [0.1, 0.15) is 0 Å². The summed E-state index contributed by atoms with van der Waals surface area (Å²) in [5.41, 5.74) is 9.57. The van der Waals surface area contributed by atoms with Gasteiger partial charge in [-0.25, -0.2) is 4.79 Å². The number of nitrogens with zero attached hydrogens (tertiary/aromatic N) is 2. The van der Waals surface area contributed by atoms with Crippen LogP contribution in [0.5, 0.6) is 0 Å². The van der Waals surface area contributed by atoms with E-state index in [1.807, 2.05) is 31.2 Å². The van der Waals surface area contributed by atoms with Crippen LogP contribution in [0, 0.1) is 17.0 Å². The molecule has 7 nitrogen and oxygen atoms in total. The highest BCUT2D eigenvalue weighted by Crippen LogP contribution is 2.25. The average molecular weight is 388 g/mol. The molecule has 0 aliphatic rings. The number of benzene rings is 2. The van der Waals surface area contributed by atoms with E-state index in [0.29, 0.717) is 0 Å². The van der Waals surface area contributed by atoms with Crippen molar-refractivity contribution in [2.24, 2.45) is 0 Å². The van der Waals surface area contributed by atoms with E-state index in [2.05, 4.69) is 11.9 Å². The lowest BCUT2D eigenvalue weighted by molar-refractivity contribution is -0.384. The zero-order valence-electron chi connectivity index (χ0n) is 14.8. The molecule has 3 N–H and O–H groups in total. The average Bonchev–Trinajstić information content (AvgIpc) is 2.65. The number of aryl methyl sites for hydroxylation is 1. The first-order valence-electron chi connectivity index (χ1n) is 8.07. The highest BCUT2D eigenvalue weighted by Gasteiger charge is 2.14. The Morgan fingerprint density at radius 3 is 2.56 bits per heavy atom. The maximum absolute atomic E-state index is 10.5. The number of hydrogen-bond donors (Lipinski definition) is 2. The van der Waals surface area contributed by atoms with Gasteiger partial charge in [-0.1, -0.05) is 36.7 Å². The quantitative estimate of drug-likeness (QED) is 0.499.